The Morgan fingerprint density at radius 2 is 1.85 bits per heavy atom. The van der Waals surface area contributed by atoms with Crippen LogP contribution in [0.15, 0.2) is 36.4 Å². The molecule has 20 heavy (non-hydrogen) atoms. The molecule has 0 heterocycles. The van der Waals surface area contributed by atoms with E-state index in [1.165, 1.54) is 0 Å². The van der Waals surface area contributed by atoms with Crippen molar-refractivity contribution in [2.75, 3.05) is 0 Å². The SMILES string of the molecule is O=C(O)c1ccc([N+](=O)[O-])cc1-c1ccc(F)cc1O. The van der Waals surface area contributed by atoms with Gasteiger partial charge >= 0.3 is 5.97 Å². The minimum atomic E-state index is -1.31. The largest absolute Gasteiger partial charge is 0.507 e. The van der Waals surface area contributed by atoms with Gasteiger partial charge in [-0.15, -0.1) is 0 Å². The number of carboxylic acids is 1. The molecular formula is C13H8FNO5. The van der Waals surface area contributed by atoms with Crippen LogP contribution in [0.3, 0.4) is 0 Å². The molecule has 0 aromatic heterocycles. The van der Waals surface area contributed by atoms with E-state index in [1.807, 2.05) is 0 Å². The lowest BCUT2D eigenvalue weighted by molar-refractivity contribution is -0.384. The van der Waals surface area contributed by atoms with Crippen molar-refractivity contribution in [1.29, 1.82) is 0 Å². The average molecular weight is 277 g/mol. The van der Waals surface area contributed by atoms with Crippen LogP contribution >= 0.6 is 0 Å². The Morgan fingerprint density at radius 3 is 2.40 bits per heavy atom. The van der Waals surface area contributed by atoms with Gasteiger partial charge in [0.1, 0.15) is 11.6 Å². The number of rotatable bonds is 3. The number of carbonyl (C=O) groups is 1. The zero-order valence-corrected chi connectivity index (χ0v) is 9.91. The van der Waals surface area contributed by atoms with Crippen molar-refractivity contribution in [2.45, 2.75) is 0 Å². The molecule has 0 amide bonds. The predicted octanol–water partition coefficient (Wildman–Crippen LogP) is 2.80. The number of aromatic hydroxyl groups is 1. The number of carboxylic acid groups (broad SMARTS) is 1. The Kier molecular flexibility index (Phi) is 3.34. The highest BCUT2D eigenvalue weighted by atomic mass is 19.1. The van der Waals surface area contributed by atoms with Crippen molar-refractivity contribution < 1.29 is 24.3 Å². The van der Waals surface area contributed by atoms with Crippen LogP contribution in [0.2, 0.25) is 0 Å². The zero-order valence-electron chi connectivity index (χ0n) is 9.91. The summed E-state index contributed by atoms with van der Waals surface area (Å²) in [5, 5.41) is 29.5. The molecule has 0 radical (unpaired) electrons. The van der Waals surface area contributed by atoms with Crippen LogP contribution in [0, 0.1) is 15.9 Å². The van der Waals surface area contributed by atoms with Crippen LogP contribution in [0.4, 0.5) is 10.1 Å². The summed E-state index contributed by atoms with van der Waals surface area (Å²) in [6.45, 7) is 0. The Bertz CT molecular complexity index is 714. The lowest BCUT2D eigenvalue weighted by Crippen LogP contribution is -2.01. The zero-order chi connectivity index (χ0) is 14.9. The topological polar surface area (TPSA) is 101 Å². The number of benzene rings is 2. The van der Waals surface area contributed by atoms with Gasteiger partial charge in [-0.3, -0.25) is 10.1 Å². The number of phenolic OH excluding ortho intramolecular Hbond substituents is 1. The molecule has 7 heteroatoms. The molecular weight excluding hydrogens is 269 g/mol. The van der Waals surface area contributed by atoms with Gasteiger partial charge < -0.3 is 10.2 Å². The van der Waals surface area contributed by atoms with E-state index in [0.29, 0.717) is 0 Å². The van der Waals surface area contributed by atoms with E-state index in [0.717, 1.165) is 36.4 Å². The van der Waals surface area contributed by atoms with Crippen molar-refractivity contribution in [3.8, 4) is 16.9 Å². The number of hydrogen-bond donors (Lipinski definition) is 2. The number of nitrogens with zero attached hydrogens (tertiary/aromatic N) is 1. The monoisotopic (exact) mass is 277 g/mol. The molecule has 2 rings (SSSR count). The van der Waals surface area contributed by atoms with Gasteiger partial charge in [0.15, 0.2) is 0 Å². The van der Waals surface area contributed by atoms with E-state index in [4.69, 9.17) is 5.11 Å². The van der Waals surface area contributed by atoms with Gasteiger partial charge in [0.2, 0.25) is 0 Å². The number of nitro groups is 1. The first kappa shape index (κ1) is 13.5. The molecule has 2 aromatic carbocycles. The number of halogens is 1. The molecule has 0 unspecified atom stereocenters. The second-order valence-corrected chi connectivity index (χ2v) is 3.95. The fourth-order valence-corrected chi connectivity index (χ4v) is 1.79. The third kappa shape index (κ3) is 2.41. The van der Waals surface area contributed by atoms with E-state index in [9.17, 15) is 24.4 Å². The van der Waals surface area contributed by atoms with Gasteiger partial charge in [-0.1, -0.05) is 0 Å². The Hall–Kier alpha value is -2.96. The second-order valence-electron chi connectivity index (χ2n) is 3.95. The summed E-state index contributed by atoms with van der Waals surface area (Å²) >= 11 is 0. The number of hydrogen-bond acceptors (Lipinski definition) is 4. The van der Waals surface area contributed by atoms with Crippen LogP contribution in [-0.2, 0) is 0 Å². The van der Waals surface area contributed by atoms with Crippen LogP contribution in [-0.4, -0.2) is 21.1 Å². The molecule has 0 bridgehead atoms. The van der Waals surface area contributed by atoms with Gasteiger partial charge in [0.25, 0.3) is 5.69 Å². The summed E-state index contributed by atoms with van der Waals surface area (Å²) in [6, 6.07) is 6.14. The minimum Gasteiger partial charge on any atom is -0.507 e. The average Bonchev–Trinajstić information content (AvgIpc) is 2.37. The number of non-ortho nitro benzene ring substituents is 1. The lowest BCUT2D eigenvalue weighted by atomic mass is 9.98. The van der Waals surface area contributed by atoms with E-state index in [-0.39, 0.29) is 22.4 Å². The van der Waals surface area contributed by atoms with E-state index in [1.54, 1.807) is 0 Å². The molecule has 0 fully saturated rings. The summed E-state index contributed by atoms with van der Waals surface area (Å²) in [7, 11) is 0. The van der Waals surface area contributed by atoms with E-state index >= 15 is 0 Å². The van der Waals surface area contributed by atoms with Crippen molar-refractivity contribution in [2.24, 2.45) is 0 Å². The Labute approximate surface area is 111 Å². The van der Waals surface area contributed by atoms with Crippen molar-refractivity contribution in [3.05, 3.63) is 57.9 Å². The first-order valence-corrected chi connectivity index (χ1v) is 5.41. The number of nitro benzene ring substituents is 1. The van der Waals surface area contributed by atoms with E-state index in [2.05, 4.69) is 0 Å². The highest BCUT2D eigenvalue weighted by Gasteiger charge is 2.19. The normalized spacial score (nSPS) is 10.2. The smallest absolute Gasteiger partial charge is 0.336 e. The Balaban J connectivity index is 2.72. The van der Waals surface area contributed by atoms with Gasteiger partial charge in [-0.05, 0) is 18.2 Å². The summed E-state index contributed by atoms with van der Waals surface area (Å²) in [5.74, 6) is -2.50. The maximum atomic E-state index is 12.9. The summed E-state index contributed by atoms with van der Waals surface area (Å²) in [5.41, 5.74) is -0.595. The molecule has 0 saturated carbocycles. The molecule has 0 aliphatic carbocycles. The molecule has 2 aromatic rings. The molecule has 6 nitrogen and oxygen atoms in total. The second kappa shape index (κ2) is 4.96. The third-order valence-corrected chi connectivity index (χ3v) is 2.69. The van der Waals surface area contributed by atoms with Crippen LogP contribution in [0.5, 0.6) is 5.75 Å². The van der Waals surface area contributed by atoms with Crippen LogP contribution in [0.25, 0.3) is 11.1 Å². The van der Waals surface area contributed by atoms with Crippen molar-refractivity contribution >= 4 is 11.7 Å². The minimum absolute atomic E-state index is 0.00694. The van der Waals surface area contributed by atoms with Crippen LogP contribution < -0.4 is 0 Å². The first-order chi connectivity index (χ1) is 9.40. The van der Waals surface area contributed by atoms with Gasteiger partial charge in [-0.2, -0.15) is 0 Å². The van der Waals surface area contributed by atoms with Crippen molar-refractivity contribution in [1.82, 2.24) is 0 Å². The fourth-order valence-electron chi connectivity index (χ4n) is 1.79. The summed E-state index contributed by atoms with van der Waals surface area (Å²) < 4.78 is 12.9. The maximum Gasteiger partial charge on any atom is 0.336 e. The molecule has 0 aliphatic rings. The molecule has 2 N–H and O–H groups in total. The molecule has 0 atom stereocenters. The van der Waals surface area contributed by atoms with Gasteiger partial charge in [-0.25, -0.2) is 9.18 Å². The lowest BCUT2D eigenvalue weighted by Gasteiger charge is -2.08. The Morgan fingerprint density at radius 1 is 1.15 bits per heavy atom. The molecule has 0 aliphatic heterocycles. The highest BCUT2D eigenvalue weighted by Crippen LogP contribution is 2.34. The molecule has 102 valence electrons. The number of phenols is 1. The predicted molar refractivity (Wildman–Crippen MR) is 67.1 cm³/mol. The van der Waals surface area contributed by atoms with Gasteiger partial charge in [0.05, 0.1) is 10.5 Å². The third-order valence-electron chi connectivity index (χ3n) is 2.69. The van der Waals surface area contributed by atoms with Gasteiger partial charge in [0, 0.05) is 29.3 Å². The van der Waals surface area contributed by atoms with E-state index < -0.39 is 22.5 Å². The quantitative estimate of drug-likeness (QED) is 0.663. The fraction of sp³-hybridized carbons (Fsp3) is 0. The summed E-state index contributed by atoms with van der Waals surface area (Å²) in [6.07, 6.45) is 0. The molecule has 0 spiro atoms. The number of aromatic carboxylic acids is 1. The standard InChI is InChI=1S/C13H8FNO5/c14-7-1-3-9(12(16)5-7)11-6-8(15(19)20)2-4-10(11)13(17)18/h1-6,16H,(H,17,18). The van der Waals surface area contributed by atoms with Crippen molar-refractivity contribution in [3.63, 3.8) is 0 Å². The highest BCUT2D eigenvalue weighted by molar-refractivity contribution is 5.97. The maximum absolute atomic E-state index is 12.9. The summed E-state index contributed by atoms with van der Waals surface area (Å²) in [4.78, 5) is 21.2. The molecule has 0 saturated heterocycles. The van der Waals surface area contributed by atoms with Crippen LogP contribution in [0.1, 0.15) is 10.4 Å². The first-order valence-electron chi connectivity index (χ1n) is 5.41.